The average molecular weight is 608 g/mol. The van der Waals surface area contributed by atoms with Crippen LogP contribution in [0.3, 0.4) is 0 Å². The molecule has 8 nitrogen and oxygen atoms in total. The highest BCUT2D eigenvalue weighted by Crippen LogP contribution is 2.58. The molecule has 2 aliphatic carbocycles. The van der Waals surface area contributed by atoms with Crippen LogP contribution in [0.5, 0.6) is 5.75 Å². The van der Waals surface area contributed by atoms with Gasteiger partial charge in [-0.3, -0.25) is 0 Å². The molecule has 0 spiro atoms. The van der Waals surface area contributed by atoms with Crippen molar-refractivity contribution in [1.82, 2.24) is 0 Å². The third-order valence-electron chi connectivity index (χ3n) is 8.47. The number of rotatable bonds is 6. The van der Waals surface area contributed by atoms with Gasteiger partial charge in [0.1, 0.15) is 5.75 Å². The lowest BCUT2D eigenvalue weighted by Crippen LogP contribution is -2.17. The number of carbonyl (C=O) groups excluding carboxylic acids is 2. The molecule has 3 aliphatic rings. The van der Waals surface area contributed by atoms with E-state index in [1.165, 1.54) is 19.4 Å². The van der Waals surface area contributed by atoms with Crippen LogP contribution < -0.4 is 9.64 Å². The Morgan fingerprint density at radius 1 is 0.864 bits per heavy atom. The van der Waals surface area contributed by atoms with Gasteiger partial charge in [0, 0.05) is 31.1 Å². The number of ether oxygens (including phenoxy) is 1. The molecule has 0 saturated carbocycles. The van der Waals surface area contributed by atoms with E-state index in [1.54, 1.807) is 14.0 Å². The molecule has 44 heavy (non-hydrogen) atoms. The van der Waals surface area contributed by atoms with E-state index in [1.807, 2.05) is 25.1 Å². The van der Waals surface area contributed by atoms with Crippen molar-refractivity contribution in [2.45, 2.75) is 51.7 Å². The van der Waals surface area contributed by atoms with Gasteiger partial charge in [-0.25, -0.2) is 9.59 Å². The van der Waals surface area contributed by atoms with Gasteiger partial charge in [0.15, 0.2) is 0 Å². The zero-order valence-electron chi connectivity index (χ0n) is 25.5. The maximum Gasteiger partial charge on any atom is 0.331 e. The zero-order chi connectivity index (χ0) is 31.3. The van der Waals surface area contributed by atoms with Crippen LogP contribution in [-0.2, 0) is 24.0 Å². The number of thiol groups is 1. The molecule has 0 N–H and O–H groups in total. The fraction of sp³-hybridized carbons (Fsp3) is 0.257. The number of allylic oxidation sites excluding steroid dienone is 4. The number of fused-ring (bicyclic) bond motifs is 6. The fourth-order valence-electron chi connectivity index (χ4n) is 6.25. The van der Waals surface area contributed by atoms with Crippen molar-refractivity contribution >= 4 is 47.4 Å². The molecule has 2 unspecified atom stereocenters. The zero-order valence-corrected chi connectivity index (χ0v) is 26.4. The number of benzene rings is 3. The van der Waals surface area contributed by atoms with Crippen molar-refractivity contribution in [3.05, 3.63) is 100 Å². The lowest BCUT2D eigenvalue weighted by Gasteiger charge is -2.27. The molecule has 1 aliphatic heterocycles. The van der Waals surface area contributed by atoms with Gasteiger partial charge in [-0.2, -0.15) is 12.6 Å². The summed E-state index contributed by atoms with van der Waals surface area (Å²) in [6.45, 7) is 8.46. The van der Waals surface area contributed by atoms with Gasteiger partial charge in [-0.05, 0) is 109 Å². The minimum atomic E-state index is -0.521. The van der Waals surface area contributed by atoms with Crippen molar-refractivity contribution in [3.63, 3.8) is 0 Å². The molecular weight excluding hydrogens is 574 g/mol. The third kappa shape index (κ3) is 5.01. The first kappa shape index (κ1) is 29.4. The van der Waals surface area contributed by atoms with E-state index in [9.17, 15) is 9.59 Å². The van der Waals surface area contributed by atoms with Crippen LogP contribution in [0, 0.1) is 0 Å². The van der Waals surface area contributed by atoms with Crippen LogP contribution in [0.4, 0.5) is 11.4 Å². The number of hydrogen-bond acceptors (Lipinski definition) is 9. The topological polar surface area (TPSA) is 89.8 Å². The van der Waals surface area contributed by atoms with E-state index >= 15 is 0 Å². The Kier molecular flexibility index (Phi) is 7.45. The first-order valence-electron chi connectivity index (χ1n) is 14.3. The fourth-order valence-corrected chi connectivity index (χ4v) is 6.62. The van der Waals surface area contributed by atoms with Crippen molar-refractivity contribution < 1.29 is 24.0 Å². The van der Waals surface area contributed by atoms with Crippen LogP contribution in [0.25, 0.3) is 11.1 Å². The number of hydrogen-bond donors (Lipinski definition) is 1. The molecule has 3 aromatic rings. The van der Waals surface area contributed by atoms with Gasteiger partial charge < -0.3 is 19.3 Å². The first-order valence-corrected chi connectivity index (χ1v) is 14.8. The summed E-state index contributed by atoms with van der Waals surface area (Å²) in [5.74, 6) is -0.0620. The highest BCUT2D eigenvalue weighted by molar-refractivity contribution is 7.81. The van der Waals surface area contributed by atoms with E-state index < -0.39 is 16.7 Å². The maximum atomic E-state index is 11.4. The number of nitrogens with zero attached hydrogens (tertiary/aromatic N) is 3. The van der Waals surface area contributed by atoms with Gasteiger partial charge in [-0.1, -0.05) is 34.6 Å². The molecule has 3 aromatic carbocycles. The summed E-state index contributed by atoms with van der Waals surface area (Å²) < 4.78 is 5.03. The summed E-state index contributed by atoms with van der Waals surface area (Å²) in [4.78, 5) is 34.7. The molecule has 6 rings (SSSR count). The Morgan fingerprint density at radius 3 is 2.18 bits per heavy atom. The monoisotopic (exact) mass is 607 g/mol. The minimum Gasteiger partial charge on any atom is -0.497 e. The average Bonchev–Trinajstić information content (AvgIpc) is 3.45. The third-order valence-corrected chi connectivity index (χ3v) is 8.96. The van der Waals surface area contributed by atoms with Crippen LogP contribution >= 0.6 is 12.6 Å². The van der Waals surface area contributed by atoms with Crippen molar-refractivity contribution in [2.24, 2.45) is 10.3 Å². The molecule has 2 atom stereocenters. The summed E-state index contributed by atoms with van der Waals surface area (Å²) in [5.41, 5.74) is 12.1. The Hall–Kier alpha value is -4.63. The summed E-state index contributed by atoms with van der Waals surface area (Å²) in [7, 11) is 1.68. The Balaban J connectivity index is 1.48. The van der Waals surface area contributed by atoms with Crippen molar-refractivity contribution in [2.75, 3.05) is 12.0 Å². The predicted molar refractivity (Wildman–Crippen MR) is 175 cm³/mol. The minimum absolute atomic E-state index is 0.0539. The summed E-state index contributed by atoms with van der Waals surface area (Å²) >= 11 is 5.20. The van der Waals surface area contributed by atoms with Crippen LogP contribution in [0.15, 0.2) is 88.3 Å². The maximum absolute atomic E-state index is 11.4. The van der Waals surface area contributed by atoms with Crippen molar-refractivity contribution in [1.29, 1.82) is 0 Å². The standard InChI is InChI=1S/C35H33N3O5S/c1-19(36-42-21(3)39)23-7-10-25(11-8-23)38-33-14-9-24(20(2)37-43-22(4)40)15-29(33)30-17-28-27-13-12-26(41-6)16-31(27)35(5,44)32(28)18-34(30)38/h7-14,16-18,29,44H,15H2,1-6H3/b36-19-,37-20+. The van der Waals surface area contributed by atoms with E-state index in [4.69, 9.17) is 27.0 Å². The van der Waals surface area contributed by atoms with Gasteiger partial charge in [0.05, 0.1) is 29.0 Å². The molecule has 1 heterocycles. The summed E-state index contributed by atoms with van der Waals surface area (Å²) in [6, 6.07) is 18.8. The Morgan fingerprint density at radius 2 is 1.52 bits per heavy atom. The normalized spacial score (nSPS) is 20.2. The van der Waals surface area contributed by atoms with Gasteiger partial charge in [0.2, 0.25) is 0 Å². The number of oxime groups is 2. The summed E-state index contributed by atoms with van der Waals surface area (Å²) in [6.07, 6.45) is 4.88. The van der Waals surface area contributed by atoms with Crippen LogP contribution in [0.2, 0.25) is 0 Å². The molecule has 0 aromatic heterocycles. The van der Waals surface area contributed by atoms with E-state index in [-0.39, 0.29) is 5.92 Å². The van der Waals surface area contributed by atoms with Crippen LogP contribution in [0.1, 0.15) is 69.2 Å². The number of methoxy groups -OCH3 is 1. The van der Waals surface area contributed by atoms with E-state index in [0.717, 1.165) is 56.2 Å². The van der Waals surface area contributed by atoms with E-state index in [2.05, 4.69) is 70.7 Å². The predicted octanol–water partition coefficient (Wildman–Crippen LogP) is 7.54. The van der Waals surface area contributed by atoms with E-state index in [0.29, 0.717) is 17.8 Å². The van der Waals surface area contributed by atoms with Gasteiger partial charge in [0.25, 0.3) is 0 Å². The molecule has 0 fully saturated rings. The van der Waals surface area contributed by atoms with Gasteiger partial charge >= 0.3 is 11.9 Å². The van der Waals surface area contributed by atoms with Gasteiger partial charge in [-0.15, -0.1) is 0 Å². The van der Waals surface area contributed by atoms with Crippen LogP contribution in [-0.4, -0.2) is 30.5 Å². The quantitative estimate of drug-likeness (QED) is 0.135. The van der Waals surface area contributed by atoms with Crippen molar-refractivity contribution in [3.8, 4) is 16.9 Å². The second-order valence-corrected chi connectivity index (χ2v) is 12.3. The molecule has 9 heteroatoms. The highest BCUT2D eigenvalue weighted by Gasteiger charge is 2.43. The molecule has 224 valence electrons. The largest absolute Gasteiger partial charge is 0.497 e. The number of carbonyl (C=O) groups is 2. The first-order chi connectivity index (χ1) is 21.0. The Labute approximate surface area is 262 Å². The highest BCUT2D eigenvalue weighted by atomic mass is 32.1. The number of anilines is 2. The molecular formula is C35H33N3O5S. The molecule has 0 amide bonds. The molecule has 0 bridgehead atoms. The summed E-state index contributed by atoms with van der Waals surface area (Å²) in [5, 5.41) is 8.00. The SMILES string of the molecule is COc1ccc2c(c1)C(C)(S)c1cc3c(cc1-2)C1CC(/C(C)=N/OC(C)=O)=CC=C1N3c1ccc(/C(C)=N\OC(C)=O)cc1. The smallest absolute Gasteiger partial charge is 0.331 e. The molecule has 0 radical (unpaired) electrons. The second-order valence-electron chi connectivity index (χ2n) is 11.4. The lowest BCUT2D eigenvalue weighted by atomic mass is 9.85. The lowest BCUT2D eigenvalue weighted by molar-refractivity contribution is -0.141. The second kappa shape index (κ2) is 11.1. The Bertz CT molecular complexity index is 1840. The molecule has 0 saturated heterocycles.